The van der Waals surface area contributed by atoms with E-state index in [1.165, 1.54) is 0 Å². The SMILES string of the molecule is CC(=O)N1CCC(NC(=O)C(N)CC(C)C)CC1. The van der Waals surface area contributed by atoms with Gasteiger partial charge >= 0.3 is 0 Å². The monoisotopic (exact) mass is 255 g/mol. The van der Waals surface area contributed by atoms with Crippen molar-refractivity contribution in [2.24, 2.45) is 11.7 Å². The first-order valence-electron chi connectivity index (χ1n) is 6.71. The van der Waals surface area contributed by atoms with Crippen molar-refractivity contribution in [2.75, 3.05) is 13.1 Å². The molecule has 0 aromatic rings. The molecule has 0 aromatic heterocycles. The molecule has 0 saturated carbocycles. The molecule has 1 heterocycles. The van der Waals surface area contributed by atoms with E-state index in [0.717, 1.165) is 25.9 Å². The van der Waals surface area contributed by atoms with Crippen LogP contribution in [0.3, 0.4) is 0 Å². The summed E-state index contributed by atoms with van der Waals surface area (Å²) in [6.07, 6.45) is 2.34. The molecule has 5 heteroatoms. The summed E-state index contributed by atoms with van der Waals surface area (Å²) in [5.74, 6) is 0.464. The molecule has 1 aliphatic heterocycles. The van der Waals surface area contributed by atoms with Crippen molar-refractivity contribution in [1.29, 1.82) is 0 Å². The maximum atomic E-state index is 11.8. The second-order valence-electron chi connectivity index (χ2n) is 5.52. The number of carbonyl (C=O) groups excluding carboxylic acids is 2. The highest BCUT2D eigenvalue weighted by Gasteiger charge is 2.24. The van der Waals surface area contributed by atoms with E-state index >= 15 is 0 Å². The minimum Gasteiger partial charge on any atom is -0.352 e. The van der Waals surface area contributed by atoms with Gasteiger partial charge in [-0.1, -0.05) is 13.8 Å². The normalized spacial score (nSPS) is 18.8. The zero-order valence-corrected chi connectivity index (χ0v) is 11.6. The number of nitrogens with zero attached hydrogens (tertiary/aromatic N) is 1. The van der Waals surface area contributed by atoms with Crippen molar-refractivity contribution in [3.05, 3.63) is 0 Å². The van der Waals surface area contributed by atoms with Crippen LogP contribution in [0, 0.1) is 5.92 Å². The standard InChI is InChI=1S/C13H25N3O2/c1-9(2)8-12(14)13(18)15-11-4-6-16(7-5-11)10(3)17/h9,11-12H,4-8,14H2,1-3H3,(H,15,18). The van der Waals surface area contributed by atoms with E-state index in [1.54, 1.807) is 6.92 Å². The van der Waals surface area contributed by atoms with Gasteiger partial charge in [0.15, 0.2) is 0 Å². The summed E-state index contributed by atoms with van der Waals surface area (Å²) in [5.41, 5.74) is 5.83. The Labute approximate surface area is 109 Å². The molecule has 1 saturated heterocycles. The van der Waals surface area contributed by atoms with Crippen molar-refractivity contribution in [2.45, 2.75) is 52.1 Å². The van der Waals surface area contributed by atoms with Gasteiger partial charge in [0.2, 0.25) is 11.8 Å². The van der Waals surface area contributed by atoms with Crippen LogP contribution in [0.25, 0.3) is 0 Å². The van der Waals surface area contributed by atoms with Gasteiger partial charge < -0.3 is 16.0 Å². The lowest BCUT2D eigenvalue weighted by Gasteiger charge is -2.32. The number of hydrogen-bond donors (Lipinski definition) is 2. The maximum absolute atomic E-state index is 11.8. The van der Waals surface area contributed by atoms with Crippen LogP contribution in [-0.4, -0.2) is 41.9 Å². The maximum Gasteiger partial charge on any atom is 0.237 e. The van der Waals surface area contributed by atoms with Gasteiger partial charge in [-0.2, -0.15) is 0 Å². The van der Waals surface area contributed by atoms with Gasteiger partial charge in [-0.05, 0) is 25.2 Å². The summed E-state index contributed by atoms with van der Waals surface area (Å²) in [6.45, 7) is 7.13. The van der Waals surface area contributed by atoms with Crippen LogP contribution < -0.4 is 11.1 Å². The molecular formula is C13H25N3O2. The number of hydrogen-bond acceptors (Lipinski definition) is 3. The Morgan fingerprint density at radius 2 is 1.89 bits per heavy atom. The smallest absolute Gasteiger partial charge is 0.237 e. The Balaban J connectivity index is 2.32. The molecule has 1 fully saturated rings. The molecule has 0 spiro atoms. The number of carbonyl (C=O) groups is 2. The Morgan fingerprint density at radius 3 is 2.33 bits per heavy atom. The lowest BCUT2D eigenvalue weighted by molar-refractivity contribution is -0.130. The molecule has 5 nitrogen and oxygen atoms in total. The summed E-state index contributed by atoms with van der Waals surface area (Å²) < 4.78 is 0. The van der Waals surface area contributed by atoms with Crippen molar-refractivity contribution in [3.8, 4) is 0 Å². The van der Waals surface area contributed by atoms with Crippen LogP contribution >= 0.6 is 0 Å². The van der Waals surface area contributed by atoms with E-state index in [2.05, 4.69) is 19.2 Å². The van der Waals surface area contributed by atoms with E-state index in [4.69, 9.17) is 5.73 Å². The Bertz CT molecular complexity index is 297. The molecule has 3 N–H and O–H groups in total. The molecule has 0 aromatic carbocycles. The summed E-state index contributed by atoms with van der Waals surface area (Å²) in [5, 5.41) is 2.98. The largest absolute Gasteiger partial charge is 0.352 e. The van der Waals surface area contributed by atoms with Crippen LogP contribution in [0.4, 0.5) is 0 Å². The Morgan fingerprint density at radius 1 is 1.33 bits per heavy atom. The van der Waals surface area contributed by atoms with Gasteiger partial charge in [-0.3, -0.25) is 9.59 Å². The molecule has 18 heavy (non-hydrogen) atoms. The zero-order chi connectivity index (χ0) is 13.7. The molecule has 0 aliphatic carbocycles. The van der Waals surface area contributed by atoms with Gasteiger partial charge in [0.1, 0.15) is 0 Å². The average Bonchev–Trinajstić information content (AvgIpc) is 2.28. The van der Waals surface area contributed by atoms with E-state index in [0.29, 0.717) is 12.3 Å². The van der Waals surface area contributed by atoms with Gasteiger partial charge in [0, 0.05) is 26.1 Å². The fourth-order valence-corrected chi connectivity index (χ4v) is 2.26. The number of rotatable bonds is 4. The molecule has 1 aliphatic rings. The lowest BCUT2D eigenvalue weighted by Crippen LogP contribution is -2.50. The predicted molar refractivity (Wildman–Crippen MR) is 70.8 cm³/mol. The zero-order valence-electron chi connectivity index (χ0n) is 11.6. The van der Waals surface area contributed by atoms with E-state index in [1.807, 2.05) is 4.90 Å². The highest BCUT2D eigenvalue weighted by molar-refractivity contribution is 5.81. The molecule has 1 atom stereocenters. The summed E-state index contributed by atoms with van der Waals surface area (Å²) >= 11 is 0. The van der Waals surface area contributed by atoms with Crippen molar-refractivity contribution < 1.29 is 9.59 Å². The van der Waals surface area contributed by atoms with Gasteiger partial charge in [0.25, 0.3) is 0 Å². The molecule has 0 bridgehead atoms. The summed E-state index contributed by atoms with van der Waals surface area (Å²) in [6, 6.07) is -0.262. The summed E-state index contributed by atoms with van der Waals surface area (Å²) in [7, 11) is 0. The first kappa shape index (κ1) is 15.0. The second kappa shape index (κ2) is 6.73. The fourth-order valence-electron chi connectivity index (χ4n) is 2.26. The first-order valence-corrected chi connectivity index (χ1v) is 6.71. The van der Waals surface area contributed by atoms with Crippen LogP contribution in [-0.2, 0) is 9.59 Å². The van der Waals surface area contributed by atoms with Crippen molar-refractivity contribution in [1.82, 2.24) is 10.2 Å². The highest BCUT2D eigenvalue weighted by atomic mass is 16.2. The molecular weight excluding hydrogens is 230 g/mol. The summed E-state index contributed by atoms with van der Waals surface area (Å²) in [4.78, 5) is 24.8. The lowest BCUT2D eigenvalue weighted by atomic mass is 10.0. The van der Waals surface area contributed by atoms with Gasteiger partial charge in [-0.25, -0.2) is 0 Å². The second-order valence-corrected chi connectivity index (χ2v) is 5.52. The number of amides is 2. The van der Waals surface area contributed by atoms with Crippen molar-refractivity contribution >= 4 is 11.8 Å². The number of piperidine rings is 1. The topological polar surface area (TPSA) is 75.4 Å². The third-order valence-corrected chi connectivity index (χ3v) is 3.35. The average molecular weight is 255 g/mol. The van der Waals surface area contributed by atoms with E-state index in [-0.39, 0.29) is 17.9 Å². The number of nitrogens with one attached hydrogen (secondary N) is 1. The fraction of sp³-hybridized carbons (Fsp3) is 0.846. The molecule has 2 amide bonds. The minimum atomic E-state index is -0.421. The van der Waals surface area contributed by atoms with Crippen LogP contribution in [0.2, 0.25) is 0 Å². The Hall–Kier alpha value is -1.10. The van der Waals surface area contributed by atoms with Crippen LogP contribution in [0.5, 0.6) is 0 Å². The van der Waals surface area contributed by atoms with Crippen LogP contribution in [0.1, 0.15) is 40.0 Å². The predicted octanol–water partition coefficient (Wildman–Crippen LogP) is 0.487. The highest BCUT2D eigenvalue weighted by Crippen LogP contribution is 2.11. The van der Waals surface area contributed by atoms with Gasteiger partial charge in [-0.15, -0.1) is 0 Å². The quantitative estimate of drug-likeness (QED) is 0.767. The molecule has 1 unspecified atom stereocenters. The molecule has 0 radical (unpaired) electrons. The molecule has 1 rings (SSSR count). The van der Waals surface area contributed by atoms with Crippen LogP contribution in [0.15, 0.2) is 0 Å². The third kappa shape index (κ3) is 4.64. The van der Waals surface area contributed by atoms with E-state index < -0.39 is 6.04 Å². The minimum absolute atomic E-state index is 0.0648. The Kier molecular flexibility index (Phi) is 5.59. The first-order chi connectivity index (χ1) is 8.40. The number of likely N-dealkylation sites (tertiary alicyclic amines) is 1. The number of nitrogens with two attached hydrogens (primary N) is 1. The van der Waals surface area contributed by atoms with Crippen molar-refractivity contribution in [3.63, 3.8) is 0 Å². The molecule has 104 valence electrons. The third-order valence-electron chi connectivity index (χ3n) is 3.35. The van der Waals surface area contributed by atoms with Gasteiger partial charge in [0.05, 0.1) is 6.04 Å². The van der Waals surface area contributed by atoms with E-state index in [9.17, 15) is 9.59 Å².